The number of hydrogen-bond donors (Lipinski definition) is 3. The minimum atomic E-state index is -0.528. The van der Waals surface area contributed by atoms with Gasteiger partial charge in [0.15, 0.2) is 0 Å². The topological polar surface area (TPSA) is 75.7 Å². The van der Waals surface area contributed by atoms with Crippen molar-refractivity contribution in [2.24, 2.45) is 11.7 Å². The van der Waals surface area contributed by atoms with Crippen molar-refractivity contribution in [1.29, 1.82) is 0 Å². The molecule has 0 saturated heterocycles. The average Bonchev–Trinajstić information content (AvgIpc) is 2.46. The van der Waals surface area contributed by atoms with Gasteiger partial charge in [0.2, 0.25) is 0 Å². The number of ether oxygens (including phenoxy) is 1. The molecule has 112 valence electrons. The third-order valence-electron chi connectivity index (χ3n) is 3.92. The molecule has 0 radical (unpaired) electrons. The van der Waals surface area contributed by atoms with E-state index >= 15 is 0 Å². The van der Waals surface area contributed by atoms with Crippen LogP contribution in [0.4, 0.5) is 0 Å². The first-order valence-corrected chi connectivity index (χ1v) is 7.48. The van der Waals surface area contributed by atoms with E-state index in [0.717, 1.165) is 37.0 Å². The van der Waals surface area contributed by atoms with Crippen LogP contribution in [0.2, 0.25) is 0 Å². The Bertz CT molecular complexity index is 410. The Hall–Kier alpha value is -1.10. The predicted molar refractivity (Wildman–Crippen MR) is 78.5 cm³/mol. The van der Waals surface area contributed by atoms with Crippen molar-refractivity contribution >= 4 is 0 Å². The van der Waals surface area contributed by atoms with Gasteiger partial charge in [0, 0.05) is 0 Å². The first kappa shape index (κ1) is 15.3. The van der Waals surface area contributed by atoms with Crippen molar-refractivity contribution in [3.05, 3.63) is 29.8 Å². The molecule has 1 saturated carbocycles. The van der Waals surface area contributed by atoms with Gasteiger partial charge in [-0.25, -0.2) is 0 Å². The lowest BCUT2D eigenvalue weighted by Gasteiger charge is -2.25. The monoisotopic (exact) mass is 279 g/mol. The Morgan fingerprint density at radius 3 is 2.95 bits per heavy atom. The molecule has 1 aromatic rings. The Labute approximate surface area is 120 Å². The summed E-state index contributed by atoms with van der Waals surface area (Å²) in [5, 5.41) is 19.6. The number of nitrogens with two attached hydrogens (primary N) is 1. The van der Waals surface area contributed by atoms with Gasteiger partial charge in [0.05, 0.1) is 18.8 Å². The largest absolute Gasteiger partial charge is 0.493 e. The van der Waals surface area contributed by atoms with Crippen LogP contribution in [0, 0.1) is 5.92 Å². The molecule has 0 amide bonds. The third kappa shape index (κ3) is 4.47. The van der Waals surface area contributed by atoms with Crippen LogP contribution in [0.15, 0.2) is 24.3 Å². The van der Waals surface area contributed by atoms with Crippen LogP contribution in [-0.4, -0.2) is 29.5 Å². The summed E-state index contributed by atoms with van der Waals surface area (Å²) >= 11 is 0. The van der Waals surface area contributed by atoms with Gasteiger partial charge in [0.25, 0.3) is 0 Å². The molecule has 0 bridgehead atoms. The first-order chi connectivity index (χ1) is 9.69. The number of aliphatic hydroxyl groups excluding tert-OH is 2. The van der Waals surface area contributed by atoms with Crippen molar-refractivity contribution in [3.8, 4) is 5.75 Å². The van der Waals surface area contributed by atoms with Crippen LogP contribution in [0.3, 0.4) is 0 Å². The summed E-state index contributed by atoms with van der Waals surface area (Å²) in [6, 6.07) is 7.55. The maximum Gasteiger partial charge on any atom is 0.119 e. The highest BCUT2D eigenvalue weighted by Crippen LogP contribution is 2.26. The van der Waals surface area contributed by atoms with E-state index in [4.69, 9.17) is 10.5 Å². The summed E-state index contributed by atoms with van der Waals surface area (Å²) in [5.74, 6) is 1.20. The van der Waals surface area contributed by atoms with Crippen molar-refractivity contribution in [2.75, 3.05) is 13.2 Å². The highest BCUT2D eigenvalue weighted by molar-refractivity contribution is 5.29. The molecule has 4 N–H and O–H groups in total. The second kappa shape index (κ2) is 7.62. The maximum atomic E-state index is 9.93. The van der Waals surface area contributed by atoms with E-state index in [9.17, 15) is 10.2 Å². The summed E-state index contributed by atoms with van der Waals surface area (Å²) in [5.41, 5.74) is 6.30. The lowest BCUT2D eigenvalue weighted by atomic mass is 9.88. The molecule has 0 aliphatic heterocycles. The van der Waals surface area contributed by atoms with E-state index < -0.39 is 6.10 Å². The van der Waals surface area contributed by atoms with Gasteiger partial charge in [-0.15, -0.1) is 0 Å². The summed E-state index contributed by atoms with van der Waals surface area (Å²) < 4.78 is 5.81. The Kier molecular flexibility index (Phi) is 5.83. The second-order valence-electron chi connectivity index (χ2n) is 5.66. The van der Waals surface area contributed by atoms with Crippen LogP contribution in [-0.2, 0) is 0 Å². The molecule has 1 aliphatic rings. The smallest absolute Gasteiger partial charge is 0.119 e. The first-order valence-electron chi connectivity index (χ1n) is 7.48. The van der Waals surface area contributed by atoms with Crippen LogP contribution in [0.5, 0.6) is 5.75 Å². The lowest BCUT2D eigenvalue weighted by molar-refractivity contribution is 0.0809. The number of aliphatic hydroxyl groups is 2. The SMILES string of the molecule is NCC[C@@H](O)c1cccc(OC[C@@H]2CCC[C@@H](O)C2)c1. The summed E-state index contributed by atoms with van der Waals surface area (Å²) in [7, 11) is 0. The second-order valence-corrected chi connectivity index (χ2v) is 5.66. The maximum absolute atomic E-state index is 9.93. The molecule has 3 atom stereocenters. The van der Waals surface area contributed by atoms with E-state index in [1.165, 1.54) is 0 Å². The molecule has 1 fully saturated rings. The van der Waals surface area contributed by atoms with Crippen molar-refractivity contribution in [1.82, 2.24) is 0 Å². The normalized spacial score (nSPS) is 24.4. The van der Waals surface area contributed by atoms with Crippen molar-refractivity contribution in [2.45, 2.75) is 44.3 Å². The molecule has 2 rings (SSSR count). The molecular weight excluding hydrogens is 254 g/mol. The summed E-state index contributed by atoms with van der Waals surface area (Å²) in [6.45, 7) is 1.10. The zero-order valence-corrected chi connectivity index (χ0v) is 11.9. The molecule has 1 aromatic carbocycles. The van der Waals surface area contributed by atoms with Gasteiger partial charge in [-0.1, -0.05) is 18.6 Å². The van der Waals surface area contributed by atoms with Crippen LogP contribution < -0.4 is 10.5 Å². The van der Waals surface area contributed by atoms with Crippen LogP contribution >= 0.6 is 0 Å². The Morgan fingerprint density at radius 1 is 1.35 bits per heavy atom. The molecule has 20 heavy (non-hydrogen) atoms. The Balaban J connectivity index is 1.87. The van der Waals surface area contributed by atoms with E-state index in [2.05, 4.69) is 0 Å². The molecule has 4 nitrogen and oxygen atoms in total. The van der Waals surface area contributed by atoms with Gasteiger partial charge < -0.3 is 20.7 Å². The minimum absolute atomic E-state index is 0.171. The molecule has 0 aromatic heterocycles. The molecular formula is C16H25NO3. The quantitative estimate of drug-likeness (QED) is 0.744. The Morgan fingerprint density at radius 2 is 2.20 bits per heavy atom. The van der Waals surface area contributed by atoms with E-state index in [1.807, 2.05) is 24.3 Å². The van der Waals surface area contributed by atoms with Gasteiger partial charge in [0.1, 0.15) is 5.75 Å². The molecule has 0 heterocycles. The zero-order chi connectivity index (χ0) is 14.4. The highest BCUT2D eigenvalue weighted by atomic mass is 16.5. The number of benzene rings is 1. The number of rotatable bonds is 6. The lowest BCUT2D eigenvalue weighted by Crippen LogP contribution is -2.24. The fourth-order valence-electron chi connectivity index (χ4n) is 2.76. The average molecular weight is 279 g/mol. The van der Waals surface area contributed by atoms with Crippen LogP contribution in [0.1, 0.15) is 43.8 Å². The van der Waals surface area contributed by atoms with E-state index in [-0.39, 0.29) is 6.10 Å². The van der Waals surface area contributed by atoms with E-state index in [0.29, 0.717) is 25.5 Å². The molecule has 4 heteroatoms. The van der Waals surface area contributed by atoms with Gasteiger partial charge >= 0.3 is 0 Å². The fraction of sp³-hybridized carbons (Fsp3) is 0.625. The van der Waals surface area contributed by atoms with Gasteiger partial charge in [-0.2, -0.15) is 0 Å². The van der Waals surface area contributed by atoms with Crippen molar-refractivity contribution < 1.29 is 14.9 Å². The standard InChI is InChI=1S/C16H25NO3/c17-8-7-16(19)13-4-2-6-15(10-13)20-11-12-3-1-5-14(18)9-12/h2,4,6,10,12,14,16,18-19H,1,3,5,7-9,11,17H2/t12-,14-,16-/m1/s1. The summed E-state index contributed by atoms with van der Waals surface area (Å²) in [4.78, 5) is 0. The summed E-state index contributed by atoms with van der Waals surface area (Å²) in [6.07, 6.45) is 3.79. The molecule has 0 spiro atoms. The van der Waals surface area contributed by atoms with Gasteiger partial charge in [-0.3, -0.25) is 0 Å². The third-order valence-corrected chi connectivity index (χ3v) is 3.92. The van der Waals surface area contributed by atoms with Gasteiger partial charge in [-0.05, 0) is 55.8 Å². The fourth-order valence-corrected chi connectivity index (χ4v) is 2.76. The van der Waals surface area contributed by atoms with Crippen molar-refractivity contribution in [3.63, 3.8) is 0 Å². The molecule has 1 aliphatic carbocycles. The minimum Gasteiger partial charge on any atom is -0.493 e. The number of hydrogen-bond acceptors (Lipinski definition) is 4. The van der Waals surface area contributed by atoms with Crippen LogP contribution in [0.25, 0.3) is 0 Å². The predicted octanol–water partition coefficient (Wildman–Crippen LogP) is 2.00. The highest BCUT2D eigenvalue weighted by Gasteiger charge is 2.20. The zero-order valence-electron chi connectivity index (χ0n) is 11.9. The molecule has 0 unspecified atom stereocenters. The van der Waals surface area contributed by atoms with E-state index in [1.54, 1.807) is 0 Å².